The van der Waals surface area contributed by atoms with Crippen LogP contribution in [-0.2, 0) is 10.0 Å². The summed E-state index contributed by atoms with van der Waals surface area (Å²) in [5.74, 6) is 0.929. The molecule has 2 rings (SSSR count). The SMILES string of the molecule is COc1ccc(NS(=O)(=O)c2ccnc(Cl)c2)cc1OC. The first kappa shape index (κ1) is 15.4. The zero-order valence-corrected chi connectivity index (χ0v) is 12.9. The van der Waals surface area contributed by atoms with E-state index in [1.165, 1.54) is 38.6 Å². The van der Waals surface area contributed by atoms with Crippen molar-refractivity contribution in [2.45, 2.75) is 4.90 Å². The van der Waals surface area contributed by atoms with Crippen LogP contribution in [0.15, 0.2) is 41.4 Å². The average molecular weight is 329 g/mol. The number of aromatic nitrogens is 1. The molecule has 1 N–H and O–H groups in total. The number of sulfonamides is 1. The van der Waals surface area contributed by atoms with Crippen LogP contribution in [0, 0.1) is 0 Å². The molecule has 0 fully saturated rings. The van der Waals surface area contributed by atoms with Crippen molar-refractivity contribution in [1.29, 1.82) is 0 Å². The topological polar surface area (TPSA) is 77.5 Å². The molecule has 1 aromatic carbocycles. The number of nitrogens with zero attached hydrogens (tertiary/aromatic N) is 1. The largest absolute Gasteiger partial charge is 0.493 e. The molecule has 21 heavy (non-hydrogen) atoms. The molecule has 0 atom stereocenters. The molecule has 0 aliphatic rings. The first-order valence-corrected chi connectivity index (χ1v) is 7.69. The monoisotopic (exact) mass is 328 g/mol. The number of anilines is 1. The fraction of sp³-hybridized carbons (Fsp3) is 0.154. The van der Waals surface area contributed by atoms with Crippen molar-refractivity contribution in [2.75, 3.05) is 18.9 Å². The number of nitrogens with one attached hydrogen (secondary N) is 1. The van der Waals surface area contributed by atoms with Gasteiger partial charge in [-0.3, -0.25) is 4.72 Å². The molecular formula is C13H13ClN2O4S. The van der Waals surface area contributed by atoms with Crippen LogP contribution < -0.4 is 14.2 Å². The molecule has 112 valence electrons. The van der Waals surface area contributed by atoms with Gasteiger partial charge in [0.25, 0.3) is 10.0 Å². The second kappa shape index (κ2) is 6.19. The van der Waals surface area contributed by atoms with Crippen molar-refractivity contribution >= 4 is 27.3 Å². The van der Waals surface area contributed by atoms with Gasteiger partial charge < -0.3 is 9.47 Å². The van der Waals surface area contributed by atoms with E-state index in [1.54, 1.807) is 12.1 Å². The van der Waals surface area contributed by atoms with Gasteiger partial charge in [0.2, 0.25) is 0 Å². The van der Waals surface area contributed by atoms with Crippen LogP contribution in [0.3, 0.4) is 0 Å². The third kappa shape index (κ3) is 3.56. The smallest absolute Gasteiger partial charge is 0.262 e. The number of pyridine rings is 1. The molecule has 0 saturated heterocycles. The summed E-state index contributed by atoms with van der Waals surface area (Å²) in [5.41, 5.74) is 0.348. The number of rotatable bonds is 5. The highest BCUT2D eigenvalue weighted by atomic mass is 35.5. The van der Waals surface area contributed by atoms with E-state index in [2.05, 4.69) is 9.71 Å². The van der Waals surface area contributed by atoms with E-state index in [4.69, 9.17) is 21.1 Å². The molecule has 0 radical (unpaired) electrons. The van der Waals surface area contributed by atoms with Gasteiger partial charge >= 0.3 is 0 Å². The van der Waals surface area contributed by atoms with Crippen LogP contribution in [0.1, 0.15) is 0 Å². The van der Waals surface area contributed by atoms with Gasteiger partial charge in [0.05, 0.1) is 24.8 Å². The van der Waals surface area contributed by atoms with Gasteiger partial charge in [-0.25, -0.2) is 13.4 Å². The molecule has 0 amide bonds. The number of methoxy groups -OCH3 is 2. The lowest BCUT2D eigenvalue weighted by Gasteiger charge is -2.11. The lowest BCUT2D eigenvalue weighted by atomic mass is 10.3. The molecule has 2 aromatic rings. The van der Waals surface area contributed by atoms with Crippen LogP contribution in [0.4, 0.5) is 5.69 Å². The molecule has 0 aliphatic heterocycles. The Labute approximate surface area is 127 Å². The number of ether oxygens (including phenoxy) is 2. The molecule has 0 aliphatic carbocycles. The number of hydrogen-bond acceptors (Lipinski definition) is 5. The number of halogens is 1. The summed E-state index contributed by atoms with van der Waals surface area (Å²) in [6.07, 6.45) is 1.32. The second-order valence-corrected chi connectivity index (χ2v) is 6.06. The maximum atomic E-state index is 12.2. The van der Waals surface area contributed by atoms with E-state index in [0.29, 0.717) is 17.2 Å². The second-order valence-electron chi connectivity index (χ2n) is 3.99. The van der Waals surface area contributed by atoms with Crippen LogP contribution >= 0.6 is 11.6 Å². The fourth-order valence-electron chi connectivity index (χ4n) is 1.67. The Morgan fingerprint density at radius 1 is 1.10 bits per heavy atom. The predicted molar refractivity (Wildman–Crippen MR) is 79.6 cm³/mol. The van der Waals surface area contributed by atoms with Crippen molar-refractivity contribution in [3.8, 4) is 11.5 Å². The molecular weight excluding hydrogens is 316 g/mol. The van der Waals surface area contributed by atoms with Crippen LogP contribution in [-0.4, -0.2) is 27.6 Å². The summed E-state index contributed by atoms with van der Waals surface area (Å²) in [4.78, 5) is 3.77. The highest BCUT2D eigenvalue weighted by Gasteiger charge is 2.16. The quantitative estimate of drug-likeness (QED) is 0.853. The summed E-state index contributed by atoms with van der Waals surface area (Å²) in [6, 6.07) is 7.33. The Hall–Kier alpha value is -1.99. The predicted octanol–water partition coefficient (Wildman–Crippen LogP) is 2.55. The number of benzene rings is 1. The van der Waals surface area contributed by atoms with E-state index < -0.39 is 10.0 Å². The van der Waals surface area contributed by atoms with Gasteiger partial charge in [-0.1, -0.05) is 11.6 Å². The van der Waals surface area contributed by atoms with Crippen LogP contribution in [0.5, 0.6) is 11.5 Å². The van der Waals surface area contributed by atoms with Crippen molar-refractivity contribution in [1.82, 2.24) is 4.98 Å². The standard InChI is InChI=1S/C13H13ClN2O4S/c1-19-11-4-3-9(7-12(11)20-2)16-21(17,18)10-5-6-15-13(14)8-10/h3-8,16H,1-2H3. The summed E-state index contributed by atoms with van der Waals surface area (Å²) in [5, 5.41) is 0.102. The Morgan fingerprint density at radius 3 is 2.43 bits per heavy atom. The Morgan fingerprint density at radius 2 is 1.81 bits per heavy atom. The maximum absolute atomic E-state index is 12.2. The van der Waals surface area contributed by atoms with E-state index in [9.17, 15) is 8.42 Å². The minimum absolute atomic E-state index is 0.0253. The van der Waals surface area contributed by atoms with Crippen LogP contribution in [0.25, 0.3) is 0 Å². The zero-order valence-electron chi connectivity index (χ0n) is 11.3. The van der Waals surface area contributed by atoms with Gasteiger partial charge in [0, 0.05) is 12.3 Å². The van der Waals surface area contributed by atoms with Gasteiger partial charge in [-0.2, -0.15) is 0 Å². The third-order valence-electron chi connectivity index (χ3n) is 2.64. The molecule has 6 nitrogen and oxygen atoms in total. The average Bonchev–Trinajstić information content (AvgIpc) is 2.46. The first-order valence-electron chi connectivity index (χ1n) is 5.82. The Balaban J connectivity index is 2.33. The lowest BCUT2D eigenvalue weighted by Crippen LogP contribution is -2.13. The molecule has 0 spiro atoms. The lowest BCUT2D eigenvalue weighted by molar-refractivity contribution is 0.355. The minimum atomic E-state index is -3.75. The summed E-state index contributed by atoms with van der Waals surface area (Å²) in [7, 11) is -0.780. The Bertz CT molecular complexity index is 750. The molecule has 8 heteroatoms. The van der Waals surface area contributed by atoms with Gasteiger partial charge in [0.1, 0.15) is 5.15 Å². The van der Waals surface area contributed by atoms with E-state index >= 15 is 0 Å². The van der Waals surface area contributed by atoms with Gasteiger partial charge in [-0.05, 0) is 24.3 Å². The van der Waals surface area contributed by atoms with Crippen LogP contribution in [0.2, 0.25) is 5.15 Å². The highest BCUT2D eigenvalue weighted by molar-refractivity contribution is 7.92. The minimum Gasteiger partial charge on any atom is -0.493 e. The van der Waals surface area contributed by atoms with Crippen molar-refractivity contribution in [2.24, 2.45) is 0 Å². The molecule has 1 aromatic heterocycles. The maximum Gasteiger partial charge on any atom is 0.262 e. The zero-order chi connectivity index (χ0) is 15.5. The van der Waals surface area contributed by atoms with Crippen molar-refractivity contribution in [3.05, 3.63) is 41.7 Å². The fourth-order valence-corrected chi connectivity index (χ4v) is 2.97. The van der Waals surface area contributed by atoms with Gasteiger partial charge in [-0.15, -0.1) is 0 Å². The number of hydrogen-bond donors (Lipinski definition) is 1. The molecule has 0 saturated carbocycles. The van der Waals surface area contributed by atoms with E-state index in [-0.39, 0.29) is 10.0 Å². The Kier molecular flexibility index (Phi) is 4.54. The summed E-state index contributed by atoms with van der Waals surface area (Å²) < 4.78 is 37.1. The van der Waals surface area contributed by atoms with E-state index in [1.807, 2.05) is 0 Å². The normalized spacial score (nSPS) is 11.0. The van der Waals surface area contributed by atoms with Crippen molar-refractivity contribution in [3.63, 3.8) is 0 Å². The summed E-state index contributed by atoms with van der Waals surface area (Å²) in [6.45, 7) is 0. The third-order valence-corrected chi connectivity index (χ3v) is 4.23. The summed E-state index contributed by atoms with van der Waals surface area (Å²) >= 11 is 5.70. The van der Waals surface area contributed by atoms with Gasteiger partial charge in [0.15, 0.2) is 11.5 Å². The first-order chi connectivity index (χ1) is 9.96. The van der Waals surface area contributed by atoms with Crippen molar-refractivity contribution < 1.29 is 17.9 Å². The molecule has 0 unspecified atom stereocenters. The molecule has 0 bridgehead atoms. The van der Waals surface area contributed by atoms with E-state index in [0.717, 1.165) is 0 Å². The highest BCUT2D eigenvalue weighted by Crippen LogP contribution is 2.30. The molecule has 1 heterocycles.